The number of fused-ring (bicyclic) bond motifs is 1. The molecular weight excluding hydrogens is 378 g/mol. The maximum atomic E-state index is 13.2. The maximum Gasteiger partial charge on any atom is 0.226 e. The van der Waals surface area contributed by atoms with E-state index in [1.807, 2.05) is 9.80 Å². The Morgan fingerprint density at radius 3 is 2.57 bits per heavy atom. The van der Waals surface area contributed by atoms with E-state index in [9.17, 15) is 9.59 Å². The smallest absolute Gasteiger partial charge is 0.226 e. The molecule has 0 unspecified atom stereocenters. The van der Waals surface area contributed by atoms with E-state index in [1.54, 1.807) is 6.92 Å². The molecule has 1 spiro atoms. The SMILES string of the molecule is CC(=O)N1CCN(Cc2ccc3c(c2)CN(C(=O)[C@H]2CC24CCCC4)CCO3)CC1. The van der Waals surface area contributed by atoms with Gasteiger partial charge >= 0.3 is 0 Å². The molecule has 4 aliphatic rings. The minimum atomic E-state index is 0.164. The Balaban J connectivity index is 1.24. The third-order valence-electron chi connectivity index (χ3n) is 7.73. The lowest BCUT2D eigenvalue weighted by molar-refractivity contribution is -0.134. The fourth-order valence-corrected chi connectivity index (χ4v) is 5.76. The average molecular weight is 412 g/mol. The van der Waals surface area contributed by atoms with Crippen molar-refractivity contribution in [2.45, 2.75) is 52.1 Å². The average Bonchev–Trinajstić information content (AvgIpc) is 3.32. The van der Waals surface area contributed by atoms with Crippen LogP contribution in [-0.4, -0.2) is 65.8 Å². The summed E-state index contributed by atoms with van der Waals surface area (Å²) in [5, 5.41) is 0. The van der Waals surface area contributed by atoms with Gasteiger partial charge in [0.1, 0.15) is 12.4 Å². The molecule has 2 aliphatic carbocycles. The molecule has 2 saturated carbocycles. The van der Waals surface area contributed by atoms with Gasteiger partial charge in [0.15, 0.2) is 0 Å². The fraction of sp³-hybridized carbons (Fsp3) is 0.667. The highest BCUT2D eigenvalue weighted by atomic mass is 16.5. The van der Waals surface area contributed by atoms with Crippen molar-refractivity contribution in [1.29, 1.82) is 0 Å². The lowest BCUT2D eigenvalue weighted by Crippen LogP contribution is -2.47. The molecule has 2 aliphatic heterocycles. The van der Waals surface area contributed by atoms with Gasteiger partial charge in [-0.2, -0.15) is 0 Å². The Kier molecular flexibility index (Phi) is 5.21. The van der Waals surface area contributed by atoms with Crippen molar-refractivity contribution >= 4 is 11.8 Å². The molecule has 0 bridgehead atoms. The number of piperazine rings is 1. The molecular formula is C24H33N3O3. The quantitative estimate of drug-likeness (QED) is 0.767. The molecule has 6 nitrogen and oxygen atoms in total. The third kappa shape index (κ3) is 3.82. The van der Waals surface area contributed by atoms with Gasteiger partial charge in [0, 0.05) is 57.7 Å². The van der Waals surface area contributed by atoms with E-state index >= 15 is 0 Å². The Morgan fingerprint density at radius 1 is 1.07 bits per heavy atom. The summed E-state index contributed by atoms with van der Waals surface area (Å²) >= 11 is 0. The molecule has 5 rings (SSSR count). The molecule has 0 radical (unpaired) electrons. The number of rotatable bonds is 3. The highest BCUT2D eigenvalue weighted by Crippen LogP contribution is 2.63. The van der Waals surface area contributed by atoms with Gasteiger partial charge in [0.05, 0.1) is 6.54 Å². The molecule has 2 amide bonds. The Bertz CT molecular complexity index is 825. The van der Waals surface area contributed by atoms with Gasteiger partial charge in [0.2, 0.25) is 11.8 Å². The lowest BCUT2D eigenvalue weighted by Gasteiger charge is -2.34. The van der Waals surface area contributed by atoms with E-state index in [4.69, 9.17) is 4.74 Å². The van der Waals surface area contributed by atoms with Crippen molar-refractivity contribution < 1.29 is 14.3 Å². The first kappa shape index (κ1) is 19.9. The van der Waals surface area contributed by atoms with Crippen molar-refractivity contribution in [2.75, 3.05) is 39.3 Å². The van der Waals surface area contributed by atoms with Crippen LogP contribution < -0.4 is 4.74 Å². The minimum absolute atomic E-state index is 0.164. The Morgan fingerprint density at radius 2 is 1.83 bits per heavy atom. The van der Waals surface area contributed by atoms with Crippen LogP contribution in [0.4, 0.5) is 0 Å². The fourth-order valence-electron chi connectivity index (χ4n) is 5.76. The Labute approximate surface area is 179 Å². The van der Waals surface area contributed by atoms with E-state index in [-0.39, 0.29) is 11.8 Å². The van der Waals surface area contributed by atoms with Gasteiger partial charge in [-0.1, -0.05) is 18.9 Å². The van der Waals surface area contributed by atoms with Crippen LogP contribution >= 0.6 is 0 Å². The van der Waals surface area contributed by atoms with Crippen molar-refractivity contribution in [3.8, 4) is 5.75 Å². The second-order valence-corrected chi connectivity index (χ2v) is 9.66. The minimum Gasteiger partial charge on any atom is -0.491 e. The number of carbonyl (C=O) groups is 2. The molecule has 1 aromatic carbocycles. The molecule has 162 valence electrons. The summed E-state index contributed by atoms with van der Waals surface area (Å²) in [6.45, 7) is 7.84. The molecule has 2 heterocycles. The highest BCUT2D eigenvalue weighted by Gasteiger charge is 2.59. The zero-order valence-corrected chi connectivity index (χ0v) is 18.1. The summed E-state index contributed by atoms with van der Waals surface area (Å²) in [7, 11) is 0. The van der Waals surface area contributed by atoms with Crippen LogP contribution in [0.15, 0.2) is 18.2 Å². The number of hydrogen-bond donors (Lipinski definition) is 0. The van der Waals surface area contributed by atoms with Gasteiger partial charge < -0.3 is 14.5 Å². The van der Waals surface area contributed by atoms with E-state index in [0.29, 0.717) is 31.0 Å². The zero-order chi connectivity index (χ0) is 20.7. The second kappa shape index (κ2) is 7.88. The molecule has 1 saturated heterocycles. The molecule has 1 aromatic rings. The van der Waals surface area contributed by atoms with Gasteiger partial charge in [-0.25, -0.2) is 0 Å². The zero-order valence-electron chi connectivity index (χ0n) is 18.1. The summed E-state index contributed by atoms with van der Waals surface area (Å²) in [4.78, 5) is 31.1. The first-order valence-electron chi connectivity index (χ1n) is 11.6. The number of benzene rings is 1. The molecule has 0 N–H and O–H groups in total. The predicted octanol–water partition coefficient (Wildman–Crippen LogP) is 2.65. The number of nitrogens with zero attached hydrogens (tertiary/aromatic N) is 3. The van der Waals surface area contributed by atoms with Crippen molar-refractivity contribution in [3.63, 3.8) is 0 Å². The summed E-state index contributed by atoms with van der Waals surface area (Å²) in [5.74, 6) is 1.68. The van der Waals surface area contributed by atoms with E-state index in [0.717, 1.165) is 50.5 Å². The van der Waals surface area contributed by atoms with Crippen molar-refractivity contribution in [2.24, 2.45) is 11.3 Å². The van der Waals surface area contributed by atoms with Crippen LogP contribution in [0.5, 0.6) is 5.75 Å². The van der Waals surface area contributed by atoms with E-state index < -0.39 is 0 Å². The van der Waals surface area contributed by atoms with Crippen LogP contribution in [0.25, 0.3) is 0 Å². The van der Waals surface area contributed by atoms with Crippen molar-refractivity contribution in [3.05, 3.63) is 29.3 Å². The number of amides is 2. The largest absolute Gasteiger partial charge is 0.491 e. The Hall–Kier alpha value is -2.08. The van der Waals surface area contributed by atoms with Crippen LogP contribution in [-0.2, 0) is 22.7 Å². The number of hydrogen-bond acceptors (Lipinski definition) is 4. The predicted molar refractivity (Wildman–Crippen MR) is 114 cm³/mol. The number of carbonyl (C=O) groups excluding carboxylic acids is 2. The monoisotopic (exact) mass is 411 g/mol. The second-order valence-electron chi connectivity index (χ2n) is 9.66. The number of ether oxygens (including phenoxy) is 1. The first-order chi connectivity index (χ1) is 14.5. The van der Waals surface area contributed by atoms with Crippen LogP contribution in [0.1, 0.15) is 50.2 Å². The molecule has 6 heteroatoms. The lowest BCUT2D eigenvalue weighted by atomic mass is 10.0. The molecule has 3 fully saturated rings. The molecule has 1 atom stereocenters. The highest BCUT2D eigenvalue weighted by molar-refractivity contribution is 5.83. The van der Waals surface area contributed by atoms with Crippen LogP contribution in [0.2, 0.25) is 0 Å². The first-order valence-corrected chi connectivity index (χ1v) is 11.6. The van der Waals surface area contributed by atoms with Gasteiger partial charge in [-0.3, -0.25) is 14.5 Å². The van der Waals surface area contributed by atoms with E-state index in [2.05, 4.69) is 23.1 Å². The summed E-state index contributed by atoms with van der Waals surface area (Å²) in [6.07, 6.45) is 6.17. The molecule has 0 aromatic heterocycles. The van der Waals surface area contributed by atoms with Crippen LogP contribution in [0.3, 0.4) is 0 Å². The third-order valence-corrected chi connectivity index (χ3v) is 7.73. The van der Waals surface area contributed by atoms with Crippen LogP contribution in [0, 0.1) is 11.3 Å². The summed E-state index contributed by atoms with van der Waals surface area (Å²) in [6, 6.07) is 6.43. The topological polar surface area (TPSA) is 53.1 Å². The van der Waals surface area contributed by atoms with E-state index in [1.165, 1.54) is 31.2 Å². The summed E-state index contributed by atoms with van der Waals surface area (Å²) < 4.78 is 5.98. The summed E-state index contributed by atoms with van der Waals surface area (Å²) in [5.41, 5.74) is 2.72. The van der Waals surface area contributed by atoms with Gasteiger partial charge in [-0.15, -0.1) is 0 Å². The standard InChI is InChI=1S/C24H33N3O3/c1-18(28)26-10-8-25(9-11-26)16-19-4-5-22-20(14-19)17-27(12-13-30-22)23(29)21-15-24(21)6-2-3-7-24/h4-5,14,21H,2-3,6-13,15-17H2,1H3/t21-/m1/s1. The maximum absolute atomic E-state index is 13.2. The molecule has 30 heavy (non-hydrogen) atoms. The van der Waals surface area contributed by atoms with Crippen molar-refractivity contribution in [1.82, 2.24) is 14.7 Å². The normalized spacial score (nSPS) is 25.6. The van der Waals surface area contributed by atoms with Gasteiger partial charge in [0.25, 0.3) is 0 Å². The van der Waals surface area contributed by atoms with Gasteiger partial charge in [-0.05, 0) is 42.4 Å².